The lowest BCUT2D eigenvalue weighted by Crippen LogP contribution is -2.37. The van der Waals surface area contributed by atoms with Gasteiger partial charge in [-0.05, 0) is 36.1 Å². The van der Waals surface area contributed by atoms with E-state index in [0.29, 0.717) is 18.2 Å². The fourth-order valence-electron chi connectivity index (χ4n) is 2.92. The number of rotatable bonds is 6. The predicted octanol–water partition coefficient (Wildman–Crippen LogP) is 4.48. The molecule has 4 rings (SSSR count). The Bertz CT molecular complexity index is 1080. The van der Waals surface area contributed by atoms with Gasteiger partial charge < -0.3 is 10.6 Å². The number of anilines is 1. The third-order valence-electron chi connectivity index (χ3n) is 4.44. The number of thiophene rings is 1. The summed E-state index contributed by atoms with van der Waals surface area (Å²) in [5, 5.41) is 11.1. The van der Waals surface area contributed by atoms with E-state index in [0.717, 1.165) is 22.0 Å². The molecule has 1 amide bonds. The van der Waals surface area contributed by atoms with E-state index >= 15 is 0 Å². The molecular formula is C22H20N4OS. The normalized spacial score (nSPS) is 11.9. The number of nitrogens with one attached hydrogen (secondary N) is 2. The Kier molecular flexibility index (Phi) is 5.30. The highest BCUT2D eigenvalue weighted by molar-refractivity contribution is 7.08. The minimum atomic E-state index is -0.433. The van der Waals surface area contributed by atoms with E-state index in [1.807, 2.05) is 78.3 Å². The molecule has 0 fully saturated rings. The van der Waals surface area contributed by atoms with Crippen LogP contribution in [0.15, 0.2) is 71.4 Å². The van der Waals surface area contributed by atoms with Gasteiger partial charge in [0.05, 0.1) is 5.52 Å². The third-order valence-corrected chi connectivity index (χ3v) is 5.12. The van der Waals surface area contributed by atoms with E-state index in [9.17, 15) is 4.79 Å². The highest BCUT2D eigenvalue weighted by Crippen LogP contribution is 2.26. The van der Waals surface area contributed by atoms with E-state index in [2.05, 4.69) is 20.6 Å². The fourth-order valence-corrected chi connectivity index (χ4v) is 3.55. The monoisotopic (exact) mass is 388 g/mol. The van der Waals surface area contributed by atoms with Gasteiger partial charge in [-0.3, -0.25) is 4.79 Å². The van der Waals surface area contributed by atoms with E-state index in [1.165, 1.54) is 0 Å². The minimum absolute atomic E-state index is 0.0800. The van der Waals surface area contributed by atoms with Crippen LogP contribution in [0.5, 0.6) is 0 Å². The average Bonchev–Trinajstić information content (AvgIpc) is 3.27. The second-order valence-corrected chi connectivity index (χ2v) is 7.27. The van der Waals surface area contributed by atoms with Crippen LogP contribution in [0, 0.1) is 0 Å². The van der Waals surface area contributed by atoms with Gasteiger partial charge in [-0.1, -0.05) is 42.5 Å². The standard InChI is InChI=1S/C22H20N4OS/c1-15(22(27)23-13-16-7-3-2-4-8-16)24-21-18-9-5-6-10-19(18)25-20(26-21)17-11-12-28-14-17/h2-12,14-15H,13H2,1H3,(H,23,27)(H,24,25,26). The molecule has 0 aliphatic rings. The number of carbonyl (C=O) groups is 1. The second-order valence-electron chi connectivity index (χ2n) is 6.49. The number of para-hydroxylation sites is 1. The Labute approximate surface area is 167 Å². The first-order valence-electron chi connectivity index (χ1n) is 9.08. The second kappa shape index (κ2) is 8.19. The van der Waals surface area contributed by atoms with Crippen molar-refractivity contribution in [2.75, 3.05) is 5.32 Å². The summed E-state index contributed by atoms with van der Waals surface area (Å²) in [4.78, 5) is 21.9. The average molecular weight is 388 g/mol. The molecule has 0 saturated heterocycles. The van der Waals surface area contributed by atoms with Crippen molar-refractivity contribution < 1.29 is 4.79 Å². The summed E-state index contributed by atoms with van der Waals surface area (Å²) in [5.41, 5.74) is 2.88. The van der Waals surface area contributed by atoms with Gasteiger partial charge >= 0.3 is 0 Å². The fraction of sp³-hybridized carbons (Fsp3) is 0.136. The number of hydrogen-bond acceptors (Lipinski definition) is 5. The molecule has 0 bridgehead atoms. The number of amides is 1. The van der Waals surface area contributed by atoms with Gasteiger partial charge in [0.2, 0.25) is 5.91 Å². The van der Waals surface area contributed by atoms with Gasteiger partial charge in [-0.2, -0.15) is 11.3 Å². The van der Waals surface area contributed by atoms with Gasteiger partial charge in [-0.15, -0.1) is 0 Å². The number of benzene rings is 2. The summed E-state index contributed by atoms with van der Waals surface area (Å²) >= 11 is 1.60. The van der Waals surface area contributed by atoms with Crippen molar-refractivity contribution >= 4 is 34.0 Å². The highest BCUT2D eigenvalue weighted by atomic mass is 32.1. The van der Waals surface area contributed by atoms with Crippen molar-refractivity contribution in [2.45, 2.75) is 19.5 Å². The zero-order valence-corrected chi connectivity index (χ0v) is 16.2. The summed E-state index contributed by atoms with van der Waals surface area (Å²) in [5.74, 6) is 1.23. The van der Waals surface area contributed by atoms with Crippen molar-refractivity contribution in [1.29, 1.82) is 0 Å². The van der Waals surface area contributed by atoms with Crippen molar-refractivity contribution in [3.05, 3.63) is 77.0 Å². The Morgan fingerprint density at radius 2 is 1.82 bits per heavy atom. The molecule has 0 saturated carbocycles. The third kappa shape index (κ3) is 4.02. The molecule has 0 aliphatic heterocycles. The van der Waals surface area contributed by atoms with E-state index in [1.54, 1.807) is 11.3 Å². The van der Waals surface area contributed by atoms with Crippen LogP contribution in [0.4, 0.5) is 5.82 Å². The lowest BCUT2D eigenvalue weighted by molar-refractivity contribution is -0.121. The molecule has 0 spiro atoms. The number of nitrogens with zero attached hydrogens (tertiary/aromatic N) is 2. The van der Waals surface area contributed by atoms with E-state index in [4.69, 9.17) is 0 Å². The molecule has 6 heteroatoms. The molecule has 1 atom stereocenters. The van der Waals surface area contributed by atoms with Crippen molar-refractivity contribution in [3.8, 4) is 11.4 Å². The molecule has 2 aromatic heterocycles. The highest BCUT2D eigenvalue weighted by Gasteiger charge is 2.16. The SMILES string of the molecule is CC(Nc1nc(-c2ccsc2)nc2ccccc12)C(=O)NCc1ccccc1. The summed E-state index contributed by atoms with van der Waals surface area (Å²) in [7, 11) is 0. The molecule has 4 aromatic rings. The zero-order chi connectivity index (χ0) is 19.3. The number of aromatic nitrogens is 2. The van der Waals surface area contributed by atoms with Crippen LogP contribution in [0.2, 0.25) is 0 Å². The summed E-state index contributed by atoms with van der Waals surface area (Å²) in [6.45, 7) is 2.33. The first kappa shape index (κ1) is 18.1. The molecular weight excluding hydrogens is 368 g/mol. The van der Waals surface area contributed by atoms with Crippen LogP contribution in [0.1, 0.15) is 12.5 Å². The van der Waals surface area contributed by atoms with Crippen molar-refractivity contribution in [1.82, 2.24) is 15.3 Å². The molecule has 5 nitrogen and oxygen atoms in total. The van der Waals surface area contributed by atoms with Crippen LogP contribution >= 0.6 is 11.3 Å². The van der Waals surface area contributed by atoms with Crippen LogP contribution in [-0.4, -0.2) is 21.9 Å². The lowest BCUT2D eigenvalue weighted by Gasteiger charge is -2.16. The van der Waals surface area contributed by atoms with Gasteiger partial charge in [0.1, 0.15) is 11.9 Å². The van der Waals surface area contributed by atoms with Gasteiger partial charge in [-0.25, -0.2) is 9.97 Å². The lowest BCUT2D eigenvalue weighted by atomic mass is 10.2. The van der Waals surface area contributed by atoms with Gasteiger partial charge in [0, 0.05) is 22.9 Å². The summed E-state index contributed by atoms with van der Waals surface area (Å²) in [6, 6.07) is 19.2. The van der Waals surface area contributed by atoms with Gasteiger partial charge in [0.15, 0.2) is 5.82 Å². The smallest absolute Gasteiger partial charge is 0.242 e. The van der Waals surface area contributed by atoms with E-state index < -0.39 is 6.04 Å². The Morgan fingerprint density at radius 1 is 1.04 bits per heavy atom. The zero-order valence-electron chi connectivity index (χ0n) is 15.4. The van der Waals surface area contributed by atoms with Crippen LogP contribution < -0.4 is 10.6 Å². The molecule has 0 radical (unpaired) electrons. The molecule has 2 N–H and O–H groups in total. The molecule has 0 aliphatic carbocycles. The Morgan fingerprint density at radius 3 is 2.61 bits per heavy atom. The first-order chi connectivity index (χ1) is 13.7. The van der Waals surface area contributed by atoms with Crippen molar-refractivity contribution in [2.24, 2.45) is 0 Å². The Balaban J connectivity index is 1.55. The largest absolute Gasteiger partial charge is 0.358 e. The molecule has 1 unspecified atom stereocenters. The molecule has 28 heavy (non-hydrogen) atoms. The van der Waals surface area contributed by atoms with E-state index in [-0.39, 0.29) is 5.91 Å². The van der Waals surface area contributed by atoms with Crippen LogP contribution in [0.25, 0.3) is 22.3 Å². The van der Waals surface area contributed by atoms with Gasteiger partial charge in [0.25, 0.3) is 0 Å². The Hall–Kier alpha value is -3.25. The topological polar surface area (TPSA) is 66.9 Å². The van der Waals surface area contributed by atoms with Crippen molar-refractivity contribution in [3.63, 3.8) is 0 Å². The maximum atomic E-state index is 12.6. The molecule has 2 heterocycles. The first-order valence-corrected chi connectivity index (χ1v) is 10.0. The number of hydrogen-bond donors (Lipinski definition) is 2. The number of fused-ring (bicyclic) bond motifs is 1. The quantitative estimate of drug-likeness (QED) is 0.511. The summed E-state index contributed by atoms with van der Waals surface area (Å²) < 4.78 is 0. The predicted molar refractivity (Wildman–Crippen MR) is 114 cm³/mol. The minimum Gasteiger partial charge on any atom is -0.358 e. The maximum Gasteiger partial charge on any atom is 0.242 e. The van der Waals surface area contributed by atoms with Crippen LogP contribution in [0.3, 0.4) is 0 Å². The number of carbonyl (C=O) groups excluding carboxylic acids is 1. The van der Waals surface area contributed by atoms with Crippen LogP contribution in [-0.2, 0) is 11.3 Å². The molecule has 140 valence electrons. The summed E-state index contributed by atoms with van der Waals surface area (Å²) in [6.07, 6.45) is 0. The molecule has 2 aromatic carbocycles. The maximum absolute atomic E-state index is 12.6.